The molecule has 6 heteroatoms. The molecular weight excluding hydrogens is 306 g/mol. The smallest absolute Gasteiger partial charge is 0.231 e. The zero-order chi connectivity index (χ0) is 14.8. The lowest BCUT2D eigenvalue weighted by atomic mass is 10.2. The van der Waals surface area contributed by atoms with Crippen molar-refractivity contribution >= 4 is 34.5 Å². The number of hydrogen-bond donors (Lipinski definition) is 2. The standard InChI is InChI=1S/C15H16ClN3OS/c1-9-6-10(16)2-3-11(9)18-14(20)7-15-19-12-4-5-17-8-13(12)21-15/h2-3,6,17H,4-5,7-8H2,1H3,(H,18,20). The normalized spacial score (nSPS) is 13.8. The van der Waals surface area contributed by atoms with E-state index in [2.05, 4.69) is 15.6 Å². The first-order chi connectivity index (χ1) is 10.1. The van der Waals surface area contributed by atoms with E-state index in [0.717, 1.165) is 41.5 Å². The second kappa shape index (κ2) is 6.13. The molecule has 2 heterocycles. The van der Waals surface area contributed by atoms with Gasteiger partial charge in [0.1, 0.15) is 5.01 Å². The molecule has 1 aliphatic rings. The number of nitrogens with one attached hydrogen (secondary N) is 2. The highest BCUT2D eigenvalue weighted by Crippen LogP contribution is 2.23. The van der Waals surface area contributed by atoms with Crippen molar-refractivity contribution in [2.24, 2.45) is 0 Å². The van der Waals surface area contributed by atoms with E-state index >= 15 is 0 Å². The second-order valence-electron chi connectivity index (χ2n) is 5.09. The Morgan fingerprint density at radius 3 is 3.14 bits per heavy atom. The number of halogens is 1. The third kappa shape index (κ3) is 3.43. The molecule has 1 aromatic carbocycles. The Labute approximate surface area is 132 Å². The van der Waals surface area contributed by atoms with Gasteiger partial charge in [-0.05, 0) is 30.7 Å². The van der Waals surface area contributed by atoms with Gasteiger partial charge in [-0.25, -0.2) is 4.98 Å². The summed E-state index contributed by atoms with van der Waals surface area (Å²) >= 11 is 7.54. The topological polar surface area (TPSA) is 54.0 Å². The first-order valence-electron chi connectivity index (χ1n) is 6.86. The summed E-state index contributed by atoms with van der Waals surface area (Å²) in [7, 11) is 0. The zero-order valence-electron chi connectivity index (χ0n) is 11.7. The third-order valence-electron chi connectivity index (χ3n) is 3.42. The summed E-state index contributed by atoms with van der Waals surface area (Å²) in [4.78, 5) is 18.0. The van der Waals surface area contributed by atoms with Crippen LogP contribution < -0.4 is 10.6 Å². The number of rotatable bonds is 3. The average Bonchev–Trinajstić information content (AvgIpc) is 2.84. The zero-order valence-corrected chi connectivity index (χ0v) is 13.3. The third-order valence-corrected chi connectivity index (χ3v) is 4.75. The molecule has 1 amide bonds. The number of carbonyl (C=O) groups is 1. The fraction of sp³-hybridized carbons (Fsp3) is 0.333. The fourth-order valence-corrected chi connectivity index (χ4v) is 3.66. The first-order valence-corrected chi connectivity index (χ1v) is 8.05. The predicted molar refractivity (Wildman–Crippen MR) is 86.0 cm³/mol. The number of aromatic nitrogens is 1. The molecule has 0 bridgehead atoms. The number of benzene rings is 1. The molecule has 110 valence electrons. The molecule has 1 aliphatic heterocycles. The molecule has 0 unspecified atom stereocenters. The molecule has 21 heavy (non-hydrogen) atoms. The number of hydrogen-bond acceptors (Lipinski definition) is 4. The van der Waals surface area contributed by atoms with Crippen LogP contribution in [0.4, 0.5) is 5.69 Å². The quantitative estimate of drug-likeness (QED) is 0.914. The van der Waals surface area contributed by atoms with Gasteiger partial charge in [-0.2, -0.15) is 0 Å². The summed E-state index contributed by atoms with van der Waals surface area (Å²) in [5, 5.41) is 7.79. The van der Waals surface area contributed by atoms with Crippen molar-refractivity contribution in [2.75, 3.05) is 11.9 Å². The Kier molecular flexibility index (Phi) is 4.24. The van der Waals surface area contributed by atoms with Crippen LogP contribution in [-0.2, 0) is 24.2 Å². The minimum absolute atomic E-state index is 0.0421. The lowest BCUT2D eigenvalue weighted by Crippen LogP contribution is -2.22. The van der Waals surface area contributed by atoms with Gasteiger partial charge < -0.3 is 10.6 Å². The van der Waals surface area contributed by atoms with E-state index in [1.54, 1.807) is 17.4 Å². The van der Waals surface area contributed by atoms with Gasteiger partial charge in [0.25, 0.3) is 0 Å². The summed E-state index contributed by atoms with van der Waals surface area (Å²) in [5.74, 6) is -0.0421. The van der Waals surface area contributed by atoms with Crippen LogP contribution in [0, 0.1) is 6.92 Å². The van der Waals surface area contributed by atoms with Crippen molar-refractivity contribution < 1.29 is 4.79 Å². The highest BCUT2D eigenvalue weighted by molar-refractivity contribution is 7.11. The number of anilines is 1. The Balaban J connectivity index is 1.67. The summed E-state index contributed by atoms with van der Waals surface area (Å²) in [6.45, 7) is 3.76. The molecule has 3 rings (SSSR count). The van der Waals surface area contributed by atoms with Crippen LogP contribution in [0.25, 0.3) is 0 Å². The lowest BCUT2D eigenvalue weighted by molar-refractivity contribution is -0.115. The van der Waals surface area contributed by atoms with Gasteiger partial charge in [-0.1, -0.05) is 11.6 Å². The SMILES string of the molecule is Cc1cc(Cl)ccc1NC(=O)Cc1nc2c(s1)CNCC2. The van der Waals surface area contributed by atoms with Crippen LogP contribution in [0.3, 0.4) is 0 Å². The van der Waals surface area contributed by atoms with Gasteiger partial charge in [0, 0.05) is 35.1 Å². The maximum absolute atomic E-state index is 12.1. The van der Waals surface area contributed by atoms with E-state index in [0.29, 0.717) is 11.4 Å². The van der Waals surface area contributed by atoms with Crippen LogP contribution in [-0.4, -0.2) is 17.4 Å². The number of aryl methyl sites for hydroxylation is 1. The molecule has 0 radical (unpaired) electrons. The Bertz CT molecular complexity index is 660. The van der Waals surface area contributed by atoms with Gasteiger partial charge in [0.15, 0.2) is 0 Å². The molecule has 0 spiro atoms. The van der Waals surface area contributed by atoms with Crippen molar-refractivity contribution in [3.05, 3.63) is 44.4 Å². The monoisotopic (exact) mass is 321 g/mol. The Hall–Kier alpha value is -1.43. The summed E-state index contributed by atoms with van der Waals surface area (Å²) in [6, 6.07) is 5.44. The van der Waals surface area contributed by atoms with Gasteiger partial charge >= 0.3 is 0 Å². The van der Waals surface area contributed by atoms with Crippen LogP contribution >= 0.6 is 22.9 Å². The minimum atomic E-state index is -0.0421. The van der Waals surface area contributed by atoms with E-state index in [4.69, 9.17) is 11.6 Å². The number of thiazole rings is 1. The maximum Gasteiger partial charge on any atom is 0.231 e. The summed E-state index contributed by atoms with van der Waals surface area (Å²) in [5.41, 5.74) is 2.90. The number of amides is 1. The van der Waals surface area contributed by atoms with E-state index in [1.165, 1.54) is 4.88 Å². The molecule has 0 atom stereocenters. The Morgan fingerprint density at radius 2 is 2.38 bits per heavy atom. The van der Waals surface area contributed by atoms with E-state index in [1.807, 2.05) is 19.1 Å². The predicted octanol–water partition coefficient (Wildman–Crippen LogP) is 2.93. The first kappa shape index (κ1) is 14.5. The van der Waals surface area contributed by atoms with Crippen molar-refractivity contribution in [3.8, 4) is 0 Å². The van der Waals surface area contributed by atoms with Crippen molar-refractivity contribution in [1.29, 1.82) is 0 Å². The van der Waals surface area contributed by atoms with E-state index in [9.17, 15) is 4.79 Å². The number of carbonyl (C=O) groups excluding carboxylic acids is 1. The van der Waals surface area contributed by atoms with Crippen LogP contribution in [0.1, 0.15) is 21.1 Å². The molecule has 1 aromatic heterocycles. The number of fused-ring (bicyclic) bond motifs is 1. The molecule has 0 saturated carbocycles. The molecule has 0 aliphatic carbocycles. The van der Waals surface area contributed by atoms with Gasteiger partial charge in [0.2, 0.25) is 5.91 Å². The fourth-order valence-electron chi connectivity index (χ4n) is 2.35. The maximum atomic E-state index is 12.1. The summed E-state index contributed by atoms with van der Waals surface area (Å²) < 4.78 is 0. The second-order valence-corrected chi connectivity index (χ2v) is 6.69. The van der Waals surface area contributed by atoms with Crippen LogP contribution in [0.5, 0.6) is 0 Å². The minimum Gasteiger partial charge on any atom is -0.325 e. The van der Waals surface area contributed by atoms with Crippen molar-refractivity contribution in [3.63, 3.8) is 0 Å². The van der Waals surface area contributed by atoms with Gasteiger partial charge in [0.05, 0.1) is 12.1 Å². The van der Waals surface area contributed by atoms with Crippen molar-refractivity contribution in [2.45, 2.75) is 26.3 Å². The van der Waals surface area contributed by atoms with E-state index < -0.39 is 0 Å². The van der Waals surface area contributed by atoms with Crippen molar-refractivity contribution in [1.82, 2.24) is 10.3 Å². The van der Waals surface area contributed by atoms with Crippen LogP contribution in [0.2, 0.25) is 5.02 Å². The molecule has 0 saturated heterocycles. The lowest BCUT2D eigenvalue weighted by Gasteiger charge is -2.09. The summed E-state index contributed by atoms with van der Waals surface area (Å²) in [6.07, 6.45) is 1.27. The van der Waals surface area contributed by atoms with E-state index in [-0.39, 0.29) is 5.91 Å². The van der Waals surface area contributed by atoms with Gasteiger partial charge in [-0.3, -0.25) is 4.79 Å². The average molecular weight is 322 g/mol. The van der Waals surface area contributed by atoms with Gasteiger partial charge in [-0.15, -0.1) is 11.3 Å². The largest absolute Gasteiger partial charge is 0.325 e. The van der Waals surface area contributed by atoms with Crippen LogP contribution in [0.15, 0.2) is 18.2 Å². The number of nitrogens with zero attached hydrogens (tertiary/aromatic N) is 1. The highest BCUT2D eigenvalue weighted by atomic mass is 35.5. The molecule has 4 nitrogen and oxygen atoms in total. The highest BCUT2D eigenvalue weighted by Gasteiger charge is 2.16. The molecule has 2 N–H and O–H groups in total. The molecule has 2 aromatic rings. The Morgan fingerprint density at radius 1 is 1.52 bits per heavy atom. The molecular formula is C15H16ClN3OS. The molecule has 0 fully saturated rings.